The molecule has 0 radical (unpaired) electrons. The molecule has 2 rings (SSSR count). The maximum Gasteiger partial charge on any atom is 0.311 e. The van der Waals surface area contributed by atoms with E-state index in [-0.39, 0.29) is 5.97 Å². The second-order valence-corrected chi connectivity index (χ2v) is 4.94. The minimum atomic E-state index is -0.258. The molecule has 19 heavy (non-hydrogen) atoms. The van der Waals surface area contributed by atoms with Gasteiger partial charge in [-0.25, -0.2) is 0 Å². The first-order chi connectivity index (χ1) is 9.16. The van der Waals surface area contributed by atoms with Gasteiger partial charge in [0.05, 0.1) is 11.5 Å². The molecule has 0 spiro atoms. The van der Waals surface area contributed by atoms with Crippen molar-refractivity contribution in [1.29, 1.82) is 0 Å². The Morgan fingerprint density at radius 1 is 1.53 bits per heavy atom. The Morgan fingerprint density at radius 3 is 3.05 bits per heavy atom. The number of pyridine rings is 1. The van der Waals surface area contributed by atoms with Gasteiger partial charge in [0.2, 0.25) is 0 Å². The van der Waals surface area contributed by atoms with Crippen molar-refractivity contribution < 1.29 is 9.53 Å². The maximum atomic E-state index is 11.8. The first-order valence-electron chi connectivity index (χ1n) is 6.32. The van der Waals surface area contributed by atoms with E-state index in [1.165, 1.54) is 0 Å². The summed E-state index contributed by atoms with van der Waals surface area (Å²) in [7, 11) is 0. The lowest BCUT2D eigenvalue weighted by atomic mass is 10.1. The van der Waals surface area contributed by atoms with Crippen LogP contribution in [0.4, 0.5) is 0 Å². The van der Waals surface area contributed by atoms with Crippen molar-refractivity contribution in [2.75, 3.05) is 0 Å². The second kappa shape index (κ2) is 6.53. The molecular weight excluding hydrogens is 262 g/mol. The van der Waals surface area contributed by atoms with E-state index < -0.39 is 0 Å². The summed E-state index contributed by atoms with van der Waals surface area (Å²) in [6, 6.07) is 3.80. The normalized spacial score (nSPS) is 15.2. The maximum absolute atomic E-state index is 11.8. The molecule has 0 unspecified atom stereocenters. The molecule has 0 aromatic carbocycles. The standard InChI is InChI=1S/C15H16ClNO2/c1-11-4-2-6-13(16)15(11)19-14(18)8-7-12-5-3-9-17-10-12/h3,5-6,9-10H,2,4,7-8H2,1H3. The zero-order chi connectivity index (χ0) is 13.7. The van der Waals surface area contributed by atoms with Crippen molar-refractivity contribution in [2.24, 2.45) is 0 Å². The zero-order valence-corrected chi connectivity index (χ0v) is 11.6. The predicted octanol–water partition coefficient (Wildman–Crippen LogP) is 3.75. The molecule has 1 aliphatic carbocycles. The highest BCUT2D eigenvalue weighted by Gasteiger charge is 2.16. The molecule has 0 atom stereocenters. The Balaban J connectivity index is 1.90. The third kappa shape index (κ3) is 3.93. The van der Waals surface area contributed by atoms with Gasteiger partial charge >= 0.3 is 5.97 Å². The number of esters is 1. The Kier molecular flexibility index (Phi) is 4.74. The van der Waals surface area contributed by atoms with Crippen LogP contribution in [0.25, 0.3) is 0 Å². The Bertz CT molecular complexity index is 520. The van der Waals surface area contributed by atoms with E-state index in [4.69, 9.17) is 16.3 Å². The van der Waals surface area contributed by atoms with Crippen LogP contribution in [0, 0.1) is 0 Å². The summed E-state index contributed by atoms with van der Waals surface area (Å²) in [6.07, 6.45) is 8.10. The number of halogens is 1. The quantitative estimate of drug-likeness (QED) is 0.787. The summed E-state index contributed by atoms with van der Waals surface area (Å²) in [5, 5.41) is 0.540. The van der Waals surface area contributed by atoms with Crippen molar-refractivity contribution >= 4 is 17.6 Å². The summed E-state index contributed by atoms with van der Waals surface area (Å²) in [5.41, 5.74) is 2.05. The van der Waals surface area contributed by atoms with Gasteiger partial charge in [-0.1, -0.05) is 23.7 Å². The van der Waals surface area contributed by atoms with Gasteiger partial charge in [-0.05, 0) is 43.4 Å². The second-order valence-electron chi connectivity index (χ2n) is 4.54. The van der Waals surface area contributed by atoms with Crippen LogP contribution in [0.15, 0.2) is 47.0 Å². The smallest absolute Gasteiger partial charge is 0.311 e. The van der Waals surface area contributed by atoms with Crippen molar-refractivity contribution in [2.45, 2.75) is 32.6 Å². The van der Waals surface area contributed by atoms with E-state index >= 15 is 0 Å². The molecule has 0 saturated heterocycles. The van der Waals surface area contributed by atoms with Crippen molar-refractivity contribution in [3.63, 3.8) is 0 Å². The highest BCUT2D eigenvalue weighted by atomic mass is 35.5. The number of aryl methyl sites for hydroxylation is 1. The number of hydrogen-bond acceptors (Lipinski definition) is 3. The van der Waals surface area contributed by atoms with Gasteiger partial charge in [0.15, 0.2) is 0 Å². The van der Waals surface area contributed by atoms with Gasteiger partial charge in [-0.2, -0.15) is 0 Å². The van der Waals surface area contributed by atoms with Gasteiger partial charge in [0.25, 0.3) is 0 Å². The molecule has 1 heterocycles. The average Bonchev–Trinajstić information content (AvgIpc) is 2.42. The van der Waals surface area contributed by atoms with Crippen LogP contribution in [0.5, 0.6) is 0 Å². The molecular formula is C15H16ClNO2. The molecule has 3 nitrogen and oxygen atoms in total. The number of allylic oxidation sites excluding steroid dienone is 3. The summed E-state index contributed by atoms with van der Waals surface area (Å²) < 4.78 is 5.36. The summed E-state index contributed by atoms with van der Waals surface area (Å²) >= 11 is 6.05. The van der Waals surface area contributed by atoms with E-state index in [1.807, 2.05) is 25.1 Å². The number of rotatable bonds is 4. The van der Waals surface area contributed by atoms with Crippen LogP contribution in [-0.4, -0.2) is 11.0 Å². The largest absolute Gasteiger partial charge is 0.425 e. The molecule has 0 bridgehead atoms. The fourth-order valence-corrected chi connectivity index (χ4v) is 2.23. The number of ether oxygens (including phenoxy) is 1. The number of carbonyl (C=O) groups excluding carboxylic acids is 1. The minimum Gasteiger partial charge on any atom is -0.425 e. The van der Waals surface area contributed by atoms with E-state index in [2.05, 4.69) is 4.98 Å². The van der Waals surface area contributed by atoms with Crippen molar-refractivity contribution in [3.8, 4) is 0 Å². The van der Waals surface area contributed by atoms with Crippen LogP contribution >= 0.6 is 11.6 Å². The predicted molar refractivity (Wildman–Crippen MR) is 74.5 cm³/mol. The molecule has 100 valence electrons. The van der Waals surface area contributed by atoms with Crippen LogP contribution in [0.1, 0.15) is 31.7 Å². The molecule has 0 aliphatic heterocycles. The monoisotopic (exact) mass is 277 g/mol. The third-order valence-corrected chi connectivity index (χ3v) is 3.33. The van der Waals surface area contributed by atoms with Gasteiger partial charge in [0, 0.05) is 12.4 Å². The van der Waals surface area contributed by atoms with Crippen LogP contribution < -0.4 is 0 Å². The van der Waals surface area contributed by atoms with Crippen molar-refractivity contribution in [3.05, 3.63) is 52.5 Å². The van der Waals surface area contributed by atoms with Gasteiger partial charge in [-0.3, -0.25) is 9.78 Å². The number of nitrogens with zero attached hydrogens (tertiary/aromatic N) is 1. The van der Waals surface area contributed by atoms with Crippen LogP contribution in [-0.2, 0) is 16.0 Å². The molecule has 1 aromatic heterocycles. The fraction of sp³-hybridized carbons (Fsp3) is 0.333. The highest BCUT2D eigenvalue weighted by molar-refractivity contribution is 6.32. The lowest BCUT2D eigenvalue weighted by Crippen LogP contribution is -2.09. The highest BCUT2D eigenvalue weighted by Crippen LogP contribution is 2.28. The van der Waals surface area contributed by atoms with E-state index in [1.54, 1.807) is 12.4 Å². The molecule has 0 N–H and O–H groups in total. The SMILES string of the molecule is CC1=C(OC(=O)CCc2cccnc2)C(Cl)=CCC1. The van der Waals surface area contributed by atoms with Gasteiger partial charge < -0.3 is 4.74 Å². The fourth-order valence-electron chi connectivity index (χ4n) is 1.92. The summed E-state index contributed by atoms with van der Waals surface area (Å²) in [5.74, 6) is 0.274. The Hall–Kier alpha value is -1.61. The van der Waals surface area contributed by atoms with Crippen LogP contribution in [0.3, 0.4) is 0 Å². The van der Waals surface area contributed by atoms with E-state index in [0.717, 1.165) is 24.0 Å². The van der Waals surface area contributed by atoms with Gasteiger partial charge in [0.1, 0.15) is 5.76 Å². The molecule has 4 heteroatoms. The van der Waals surface area contributed by atoms with Crippen LogP contribution in [0.2, 0.25) is 0 Å². The summed E-state index contributed by atoms with van der Waals surface area (Å²) in [6.45, 7) is 1.94. The Morgan fingerprint density at radius 2 is 2.37 bits per heavy atom. The topological polar surface area (TPSA) is 39.2 Å². The minimum absolute atomic E-state index is 0.258. The van der Waals surface area contributed by atoms with E-state index in [9.17, 15) is 4.79 Å². The average molecular weight is 278 g/mol. The summed E-state index contributed by atoms with van der Waals surface area (Å²) in [4.78, 5) is 15.8. The molecule has 0 amide bonds. The third-order valence-electron chi connectivity index (χ3n) is 3.00. The first kappa shape index (κ1) is 13.8. The van der Waals surface area contributed by atoms with E-state index in [0.29, 0.717) is 23.6 Å². The Labute approximate surface area is 117 Å². The number of hydrogen-bond donors (Lipinski definition) is 0. The van der Waals surface area contributed by atoms with Gasteiger partial charge in [-0.15, -0.1) is 0 Å². The lowest BCUT2D eigenvalue weighted by Gasteiger charge is -2.15. The number of carbonyl (C=O) groups is 1. The van der Waals surface area contributed by atoms with Crippen molar-refractivity contribution in [1.82, 2.24) is 4.98 Å². The molecule has 0 fully saturated rings. The lowest BCUT2D eigenvalue weighted by molar-refractivity contribution is -0.139. The molecule has 1 aliphatic rings. The molecule has 0 saturated carbocycles. The zero-order valence-electron chi connectivity index (χ0n) is 10.9. The molecule has 1 aromatic rings. The first-order valence-corrected chi connectivity index (χ1v) is 6.70. The number of aromatic nitrogens is 1.